The van der Waals surface area contributed by atoms with E-state index in [1.165, 1.54) is 0 Å². The minimum atomic E-state index is -0.203. The Hall–Kier alpha value is -1.22. The van der Waals surface area contributed by atoms with Gasteiger partial charge in [0.1, 0.15) is 17.1 Å². The average molecular weight is 192 g/mol. The molecule has 3 nitrogen and oxygen atoms in total. The number of hydrogen-bond acceptors (Lipinski definition) is 3. The van der Waals surface area contributed by atoms with Gasteiger partial charge in [-0.1, -0.05) is 0 Å². The van der Waals surface area contributed by atoms with Crippen molar-refractivity contribution in [2.45, 2.75) is 25.0 Å². The Morgan fingerprint density at radius 2 is 2.36 bits per heavy atom. The Labute approximate surface area is 82.3 Å². The molecule has 3 rings (SSSR count). The molecule has 0 aliphatic carbocycles. The summed E-state index contributed by atoms with van der Waals surface area (Å²) >= 11 is 0. The first kappa shape index (κ1) is 8.12. The Morgan fingerprint density at radius 3 is 3.21 bits per heavy atom. The molecule has 2 unspecified atom stereocenters. The quantitative estimate of drug-likeness (QED) is 0.683. The van der Waals surface area contributed by atoms with Gasteiger partial charge in [-0.15, -0.1) is 0 Å². The molecular weight excluding hydrogens is 180 g/mol. The first-order valence-corrected chi connectivity index (χ1v) is 4.80. The molecule has 0 radical (unpaired) electrons. The topological polar surface area (TPSA) is 38.7 Å². The van der Waals surface area contributed by atoms with Gasteiger partial charge >= 0.3 is 0 Å². The zero-order valence-corrected chi connectivity index (χ0v) is 7.99. The SMILES string of the molecule is CC12COC(C1)c1ccc(O)cc1O2. The highest BCUT2D eigenvalue weighted by atomic mass is 16.6. The largest absolute Gasteiger partial charge is 0.508 e. The Morgan fingerprint density at radius 1 is 1.50 bits per heavy atom. The minimum Gasteiger partial charge on any atom is -0.508 e. The molecule has 0 saturated carbocycles. The van der Waals surface area contributed by atoms with Crippen molar-refractivity contribution in [3.63, 3.8) is 0 Å². The first-order chi connectivity index (χ1) is 6.66. The summed E-state index contributed by atoms with van der Waals surface area (Å²) in [5.74, 6) is 1.01. The number of ether oxygens (including phenoxy) is 2. The van der Waals surface area contributed by atoms with Crippen LogP contribution in [-0.4, -0.2) is 17.3 Å². The molecule has 0 aromatic heterocycles. The Bertz CT molecular complexity index is 388. The average Bonchev–Trinajstić information content (AvgIpc) is 2.42. The van der Waals surface area contributed by atoms with Gasteiger partial charge in [-0.2, -0.15) is 0 Å². The zero-order valence-electron chi connectivity index (χ0n) is 7.99. The normalized spacial score (nSPS) is 33.6. The van der Waals surface area contributed by atoms with Gasteiger partial charge < -0.3 is 14.6 Å². The maximum atomic E-state index is 9.34. The molecule has 2 bridgehead atoms. The van der Waals surface area contributed by atoms with E-state index >= 15 is 0 Å². The summed E-state index contributed by atoms with van der Waals surface area (Å²) < 4.78 is 11.4. The van der Waals surface area contributed by atoms with Crippen molar-refractivity contribution in [1.82, 2.24) is 0 Å². The third-order valence-electron chi connectivity index (χ3n) is 2.91. The first-order valence-electron chi connectivity index (χ1n) is 4.80. The molecule has 2 atom stereocenters. The van der Waals surface area contributed by atoms with Crippen molar-refractivity contribution in [3.8, 4) is 11.5 Å². The van der Waals surface area contributed by atoms with Gasteiger partial charge in [-0.25, -0.2) is 0 Å². The summed E-state index contributed by atoms with van der Waals surface area (Å²) in [6.07, 6.45) is 1.05. The molecule has 3 heteroatoms. The zero-order chi connectivity index (χ0) is 9.76. The molecule has 1 saturated heterocycles. The lowest BCUT2D eigenvalue weighted by Crippen LogP contribution is -2.34. The van der Waals surface area contributed by atoms with Crippen molar-refractivity contribution in [3.05, 3.63) is 23.8 Å². The van der Waals surface area contributed by atoms with E-state index in [0.717, 1.165) is 17.7 Å². The highest BCUT2D eigenvalue weighted by Crippen LogP contribution is 2.47. The molecule has 1 aromatic rings. The highest BCUT2D eigenvalue weighted by molar-refractivity contribution is 5.44. The lowest BCUT2D eigenvalue weighted by molar-refractivity contribution is 0.0694. The van der Waals surface area contributed by atoms with Crippen LogP contribution in [0.3, 0.4) is 0 Å². The highest BCUT2D eigenvalue weighted by Gasteiger charge is 2.44. The van der Waals surface area contributed by atoms with E-state index in [0.29, 0.717) is 6.61 Å². The van der Waals surface area contributed by atoms with Crippen LogP contribution in [0.1, 0.15) is 25.0 Å². The maximum Gasteiger partial charge on any atom is 0.132 e. The number of benzene rings is 1. The van der Waals surface area contributed by atoms with Crippen LogP contribution in [0.4, 0.5) is 0 Å². The summed E-state index contributed by atoms with van der Waals surface area (Å²) in [7, 11) is 0. The van der Waals surface area contributed by atoms with Crippen molar-refractivity contribution in [2.24, 2.45) is 0 Å². The molecular formula is C11H12O3. The van der Waals surface area contributed by atoms with E-state index < -0.39 is 0 Å². The van der Waals surface area contributed by atoms with Crippen LogP contribution in [0, 0.1) is 0 Å². The van der Waals surface area contributed by atoms with Gasteiger partial charge in [0.05, 0.1) is 12.7 Å². The second-order valence-corrected chi connectivity index (χ2v) is 4.28. The van der Waals surface area contributed by atoms with Crippen LogP contribution in [-0.2, 0) is 4.74 Å². The van der Waals surface area contributed by atoms with Crippen LogP contribution in [0.25, 0.3) is 0 Å². The van der Waals surface area contributed by atoms with Crippen molar-refractivity contribution >= 4 is 0 Å². The molecule has 1 aromatic carbocycles. The summed E-state index contributed by atoms with van der Waals surface area (Å²) in [6, 6.07) is 5.21. The summed E-state index contributed by atoms with van der Waals surface area (Å²) in [4.78, 5) is 0. The molecule has 0 amide bonds. The van der Waals surface area contributed by atoms with Gasteiger partial charge in [0.15, 0.2) is 0 Å². The van der Waals surface area contributed by atoms with Crippen LogP contribution in [0.5, 0.6) is 11.5 Å². The van der Waals surface area contributed by atoms with E-state index in [9.17, 15) is 5.11 Å². The monoisotopic (exact) mass is 192 g/mol. The van der Waals surface area contributed by atoms with Crippen LogP contribution in [0.2, 0.25) is 0 Å². The molecule has 2 heterocycles. The van der Waals surface area contributed by atoms with Crippen LogP contribution < -0.4 is 4.74 Å². The molecule has 2 aliphatic rings. The molecule has 1 N–H and O–H groups in total. The summed E-state index contributed by atoms with van der Waals surface area (Å²) in [6.45, 7) is 2.67. The van der Waals surface area contributed by atoms with E-state index in [2.05, 4.69) is 0 Å². The number of rotatable bonds is 0. The van der Waals surface area contributed by atoms with Gasteiger partial charge in [-0.05, 0) is 19.1 Å². The Balaban J connectivity index is 2.12. The number of phenols is 1. The van der Waals surface area contributed by atoms with E-state index in [1.807, 2.05) is 13.0 Å². The lowest BCUT2D eigenvalue weighted by Gasteiger charge is -2.30. The number of aromatic hydroxyl groups is 1. The molecule has 14 heavy (non-hydrogen) atoms. The third kappa shape index (κ3) is 1.02. The van der Waals surface area contributed by atoms with Crippen LogP contribution in [0.15, 0.2) is 18.2 Å². The van der Waals surface area contributed by atoms with Gasteiger partial charge in [0.25, 0.3) is 0 Å². The maximum absolute atomic E-state index is 9.34. The van der Waals surface area contributed by atoms with Gasteiger partial charge in [0, 0.05) is 18.1 Å². The fourth-order valence-corrected chi connectivity index (χ4v) is 2.20. The second kappa shape index (κ2) is 2.42. The number of fused-ring (bicyclic) bond motifs is 4. The predicted molar refractivity (Wildman–Crippen MR) is 50.4 cm³/mol. The fourth-order valence-electron chi connectivity index (χ4n) is 2.20. The molecule has 0 spiro atoms. The van der Waals surface area contributed by atoms with Gasteiger partial charge in [0.2, 0.25) is 0 Å². The standard InChI is InChI=1S/C11H12O3/c1-11-5-10(13-6-11)8-3-2-7(12)4-9(8)14-11/h2-4,10,12H,5-6H2,1H3. The third-order valence-corrected chi connectivity index (χ3v) is 2.91. The van der Waals surface area contributed by atoms with Crippen molar-refractivity contribution < 1.29 is 14.6 Å². The summed E-state index contributed by atoms with van der Waals surface area (Å²) in [5.41, 5.74) is 0.851. The Kier molecular flexibility index (Phi) is 1.40. The fraction of sp³-hybridized carbons (Fsp3) is 0.455. The second-order valence-electron chi connectivity index (χ2n) is 4.28. The van der Waals surface area contributed by atoms with Crippen molar-refractivity contribution in [2.75, 3.05) is 6.61 Å². The lowest BCUT2D eigenvalue weighted by atomic mass is 9.94. The minimum absolute atomic E-state index is 0.143. The van der Waals surface area contributed by atoms with E-state index in [1.54, 1.807) is 12.1 Å². The molecule has 2 aliphatic heterocycles. The smallest absolute Gasteiger partial charge is 0.132 e. The molecule has 74 valence electrons. The van der Waals surface area contributed by atoms with Gasteiger partial charge in [-0.3, -0.25) is 0 Å². The van der Waals surface area contributed by atoms with Crippen molar-refractivity contribution in [1.29, 1.82) is 0 Å². The van der Waals surface area contributed by atoms with E-state index in [-0.39, 0.29) is 17.5 Å². The number of phenolic OH excluding ortho intramolecular Hbond substituents is 1. The predicted octanol–water partition coefficient (Wildman–Crippen LogP) is 2.00. The van der Waals surface area contributed by atoms with Crippen LogP contribution >= 0.6 is 0 Å². The number of hydrogen-bond donors (Lipinski definition) is 1. The molecule has 1 fully saturated rings. The van der Waals surface area contributed by atoms with E-state index in [4.69, 9.17) is 9.47 Å². The summed E-state index contributed by atoms with van der Waals surface area (Å²) in [5, 5.41) is 9.34.